The molecule has 126 valence electrons. The lowest BCUT2D eigenvalue weighted by molar-refractivity contribution is 0.170. The number of halogens is 1. The molecule has 2 aromatic rings. The third kappa shape index (κ3) is 5.98. The van der Waals surface area contributed by atoms with Gasteiger partial charge in [-0.2, -0.15) is 0 Å². The highest BCUT2D eigenvalue weighted by Gasteiger charge is 2.12. The molecule has 23 heavy (non-hydrogen) atoms. The molecule has 0 aromatic heterocycles. The fraction of sp³-hybridized carbons (Fsp3) is 0.294. The first-order valence-corrected chi connectivity index (χ1v) is 7.16. The molecule has 0 heterocycles. The first-order chi connectivity index (χ1) is 10.4. The molecule has 0 saturated carbocycles. The van der Waals surface area contributed by atoms with Gasteiger partial charge in [0.05, 0.1) is 6.10 Å². The van der Waals surface area contributed by atoms with Crippen LogP contribution in [0, 0.1) is 0 Å². The van der Waals surface area contributed by atoms with Gasteiger partial charge in [-0.1, -0.05) is 12.1 Å². The zero-order valence-corrected chi connectivity index (χ0v) is 13.6. The normalized spacial score (nSPS) is 13.1. The van der Waals surface area contributed by atoms with Crippen LogP contribution >= 0.6 is 12.4 Å². The van der Waals surface area contributed by atoms with Gasteiger partial charge < -0.3 is 25.7 Å². The van der Waals surface area contributed by atoms with E-state index in [2.05, 4.69) is 5.32 Å². The van der Waals surface area contributed by atoms with Crippen LogP contribution in [-0.2, 0) is 6.42 Å². The van der Waals surface area contributed by atoms with Crippen LogP contribution in [0.25, 0.3) is 0 Å². The number of rotatable bonds is 6. The second kappa shape index (κ2) is 8.62. The van der Waals surface area contributed by atoms with E-state index in [1.54, 1.807) is 12.1 Å². The Bertz CT molecular complexity index is 598. The topological polar surface area (TPSA) is 93.0 Å². The van der Waals surface area contributed by atoms with E-state index in [-0.39, 0.29) is 35.7 Å². The van der Waals surface area contributed by atoms with E-state index >= 15 is 0 Å². The van der Waals surface area contributed by atoms with E-state index < -0.39 is 6.10 Å². The fourth-order valence-electron chi connectivity index (χ4n) is 2.30. The zero-order valence-electron chi connectivity index (χ0n) is 12.8. The average molecular weight is 340 g/mol. The van der Waals surface area contributed by atoms with Crippen molar-refractivity contribution in [3.05, 3.63) is 53.6 Å². The molecule has 2 atom stereocenters. The second-order valence-corrected chi connectivity index (χ2v) is 5.48. The number of aliphatic hydroxyl groups is 1. The van der Waals surface area contributed by atoms with E-state index in [1.807, 2.05) is 19.1 Å². The number of nitrogens with one attached hydrogen (secondary N) is 1. The third-order valence-corrected chi connectivity index (χ3v) is 3.45. The number of aromatic hydroxyl groups is 3. The number of hydrogen-bond acceptors (Lipinski definition) is 5. The van der Waals surface area contributed by atoms with E-state index in [0.29, 0.717) is 12.1 Å². The molecular weight excluding hydrogens is 318 g/mol. The van der Waals surface area contributed by atoms with Crippen molar-refractivity contribution in [3.63, 3.8) is 0 Å². The number of aliphatic hydroxyl groups excluding tert-OH is 1. The Hall–Kier alpha value is -1.95. The molecule has 0 spiro atoms. The summed E-state index contributed by atoms with van der Waals surface area (Å²) in [6.45, 7) is 2.31. The van der Waals surface area contributed by atoms with Crippen molar-refractivity contribution in [1.82, 2.24) is 5.32 Å². The van der Waals surface area contributed by atoms with Gasteiger partial charge in [-0.15, -0.1) is 12.4 Å². The van der Waals surface area contributed by atoms with Crippen molar-refractivity contribution in [2.75, 3.05) is 6.54 Å². The molecule has 0 aliphatic rings. The predicted molar refractivity (Wildman–Crippen MR) is 91.3 cm³/mol. The zero-order chi connectivity index (χ0) is 16.1. The van der Waals surface area contributed by atoms with E-state index in [0.717, 1.165) is 12.0 Å². The summed E-state index contributed by atoms with van der Waals surface area (Å²) in [5.74, 6) is 0.0841. The Labute approximate surface area is 141 Å². The first kappa shape index (κ1) is 19.1. The van der Waals surface area contributed by atoms with Gasteiger partial charge in [0.15, 0.2) is 0 Å². The molecule has 5 N–H and O–H groups in total. The molecule has 2 aromatic carbocycles. The van der Waals surface area contributed by atoms with Crippen molar-refractivity contribution >= 4 is 12.4 Å². The highest BCUT2D eigenvalue weighted by Crippen LogP contribution is 2.24. The summed E-state index contributed by atoms with van der Waals surface area (Å²) in [6, 6.07) is 11.2. The summed E-state index contributed by atoms with van der Waals surface area (Å²) in [6.07, 6.45) is -0.0570. The molecule has 6 heteroatoms. The number of phenolic OH excluding ortho intramolecular Hbond substituents is 3. The minimum absolute atomic E-state index is 0. The van der Waals surface area contributed by atoms with Crippen LogP contribution in [0.1, 0.15) is 24.2 Å². The van der Waals surface area contributed by atoms with Gasteiger partial charge >= 0.3 is 0 Å². The van der Waals surface area contributed by atoms with Gasteiger partial charge in [-0.05, 0) is 48.7 Å². The SMILES string of the molecule is C[C@H](Cc1ccc(O)cc1)NC[C@H](O)c1cc(O)cc(O)c1.Cl. The minimum atomic E-state index is -0.819. The van der Waals surface area contributed by atoms with Gasteiger partial charge in [0, 0.05) is 18.7 Å². The van der Waals surface area contributed by atoms with Crippen molar-refractivity contribution in [2.45, 2.75) is 25.5 Å². The smallest absolute Gasteiger partial charge is 0.119 e. The maximum atomic E-state index is 10.1. The van der Waals surface area contributed by atoms with Gasteiger partial charge in [-0.3, -0.25) is 0 Å². The lowest BCUT2D eigenvalue weighted by atomic mass is 10.1. The predicted octanol–water partition coefficient (Wildman–Crippen LogP) is 2.48. The Morgan fingerprint density at radius 1 is 0.913 bits per heavy atom. The van der Waals surface area contributed by atoms with Crippen LogP contribution in [0.5, 0.6) is 17.2 Å². The summed E-state index contributed by atoms with van der Waals surface area (Å²) < 4.78 is 0. The molecule has 0 radical (unpaired) electrons. The molecule has 0 aliphatic heterocycles. The quantitative estimate of drug-likeness (QED) is 0.557. The first-order valence-electron chi connectivity index (χ1n) is 7.16. The summed E-state index contributed by atoms with van der Waals surface area (Å²) in [5, 5.41) is 41.4. The maximum absolute atomic E-state index is 10.1. The van der Waals surface area contributed by atoms with E-state index in [9.17, 15) is 20.4 Å². The van der Waals surface area contributed by atoms with Crippen LogP contribution in [0.2, 0.25) is 0 Å². The van der Waals surface area contributed by atoms with E-state index in [1.165, 1.54) is 18.2 Å². The lowest BCUT2D eigenvalue weighted by Crippen LogP contribution is -2.32. The summed E-state index contributed by atoms with van der Waals surface area (Å²) >= 11 is 0. The van der Waals surface area contributed by atoms with Crippen LogP contribution < -0.4 is 5.32 Å². The number of phenols is 3. The standard InChI is InChI=1S/C17H21NO4.ClH/c1-11(6-12-2-4-14(19)5-3-12)18-10-17(22)13-7-15(20)9-16(21)8-13;/h2-5,7-9,11,17-22H,6,10H2,1H3;1H/t11-,17+;/m1./s1. The average Bonchev–Trinajstić information content (AvgIpc) is 2.46. The van der Waals surface area contributed by atoms with Crippen LogP contribution in [0.4, 0.5) is 0 Å². The van der Waals surface area contributed by atoms with Crippen molar-refractivity contribution in [2.24, 2.45) is 0 Å². The summed E-state index contributed by atoms with van der Waals surface area (Å²) in [4.78, 5) is 0. The van der Waals surface area contributed by atoms with Crippen LogP contribution in [0.15, 0.2) is 42.5 Å². The van der Waals surface area contributed by atoms with Crippen molar-refractivity contribution in [1.29, 1.82) is 0 Å². The minimum Gasteiger partial charge on any atom is -0.508 e. The molecule has 0 bridgehead atoms. The molecule has 0 unspecified atom stereocenters. The summed E-state index contributed by atoms with van der Waals surface area (Å²) in [7, 11) is 0. The Morgan fingerprint density at radius 3 is 2.04 bits per heavy atom. The van der Waals surface area contributed by atoms with Gasteiger partial charge in [0.25, 0.3) is 0 Å². The fourth-order valence-corrected chi connectivity index (χ4v) is 2.30. The lowest BCUT2D eigenvalue weighted by Gasteiger charge is -2.18. The highest BCUT2D eigenvalue weighted by atomic mass is 35.5. The van der Waals surface area contributed by atoms with Gasteiger partial charge in [0.1, 0.15) is 17.2 Å². The largest absolute Gasteiger partial charge is 0.508 e. The van der Waals surface area contributed by atoms with Gasteiger partial charge in [0.2, 0.25) is 0 Å². The Morgan fingerprint density at radius 2 is 1.48 bits per heavy atom. The van der Waals surface area contributed by atoms with Crippen molar-refractivity contribution in [3.8, 4) is 17.2 Å². The van der Waals surface area contributed by atoms with Crippen LogP contribution in [0.3, 0.4) is 0 Å². The van der Waals surface area contributed by atoms with Crippen LogP contribution in [-0.4, -0.2) is 33.0 Å². The third-order valence-electron chi connectivity index (χ3n) is 3.45. The highest BCUT2D eigenvalue weighted by molar-refractivity contribution is 5.85. The molecule has 2 rings (SSSR count). The number of benzene rings is 2. The van der Waals surface area contributed by atoms with Crippen molar-refractivity contribution < 1.29 is 20.4 Å². The number of hydrogen-bond donors (Lipinski definition) is 5. The Kier molecular flexibility index (Phi) is 7.16. The molecule has 0 fully saturated rings. The molecule has 0 saturated heterocycles. The second-order valence-electron chi connectivity index (χ2n) is 5.48. The van der Waals surface area contributed by atoms with Gasteiger partial charge in [-0.25, -0.2) is 0 Å². The Balaban J connectivity index is 0.00000264. The molecule has 0 amide bonds. The van der Waals surface area contributed by atoms with E-state index in [4.69, 9.17) is 0 Å². The molecular formula is C17H22ClNO4. The molecule has 0 aliphatic carbocycles. The molecule has 5 nitrogen and oxygen atoms in total. The monoisotopic (exact) mass is 339 g/mol. The summed E-state index contributed by atoms with van der Waals surface area (Å²) in [5.41, 5.74) is 1.55. The maximum Gasteiger partial charge on any atom is 0.119 e.